The Balaban J connectivity index is 1.39. The number of anilines is 1. The van der Waals surface area contributed by atoms with Crippen molar-refractivity contribution >= 4 is 23.5 Å². The number of likely N-dealkylation sites (tertiary alicyclic amines) is 1. The first kappa shape index (κ1) is 19.2. The average Bonchev–Trinajstić information content (AvgIpc) is 3.18. The molecule has 1 saturated heterocycles. The molecule has 1 fully saturated rings. The van der Waals surface area contributed by atoms with Crippen molar-refractivity contribution in [1.82, 2.24) is 4.90 Å². The Morgan fingerprint density at radius 3 is 2.52 bits per heavy atom. The van der Waals surface area contributed by atoms with E-state index in [-0.39, 0.29) is 36.6 Å². The predicted octanol–water partition coefficient (Wildman–Crippen LogP) is 2.90. The Hall–Kier alpha value is -3.15. The van der Waals surface area contributed by atoms with Crippen LogP contribution in [-0.2, 0) is 20.8 Å². The second-order valence-electron chi connectivity index (χ2n) is 7.85. The van der Waals surface area contributed by atoms with Crippen LogP contribution in [0.15, 0.2) is 54.6 Å². The topological polar surface area (TPSA) is 86.7 Å². The molecule has 2 N–H and O–H groups in total. The lowest BCUT2D eigenvalue weighted by atomic mass is 9.89. The van der Waals surface area contributed by atoms with Crippen molar-refractivity contribution in [3.63, 3.8) is 0 Å². The minimum Gasteiger partial charge on any atom is -0.481 e. The monoisotopic (exact) mass is 392 g/mol. The number of rotatable bonds is 5. The summed E-state index contributed by atoms with van der Waals surface area (Å²) >= 11 is 0. The lowest BCUT2D eigenvalue weighted by molar-refractivity contribution is -0.141. The fourth-order valence-electron chi connectivity index (χ4n) is 4.40. The lowest BCUT2D eigenvalue weighted by Crippen LogP contribution is -2.33. The Bertz CT molecular complexity index is 927. The first-order valence-electron chi connectivity index (χ1n) is 9.97. The highest BCUT2D eigenvalue weighted by Crippen LogP contribution is 2.34. The summed E-state index contributed by atoms with van der Waals surface area (Å²) in [7, 11) is 0. The molecular weight excluding hydrogens is 368 g/mol. The number of carboxylic acids is 1. The van der Waals surface area contributed by atoms with Gasteiger partial charge in [-0.25, -0.2) is 0 Å². The molecule has 6 nitrogen and oxygen atoms in total. The highest BCUT2D eigenvalue weighted by molar-refractivity contribution is 5.96. The normalized spacial score (nSPS) is 23.4. The number of carbonyl (C=O) groups excluding carboxylic acids is 2. The van der Waals surface area contributed by atoms with E-state index in [9.17, 15) is 19.5 Å². The number of para-hydroxylation sites is 1. The van der Waals surface area contributed by atoms with Gasteiger partial charge in [0, 0.05) is 37.0 Å². The molecule has 2 amide bonds. The molecule has 4 rings (SSSR count). The van der Waals surface area contributed by atoms with Gasteiger partial charge in [0.15, 0.2) is 0 Å². The van der Waals surface area contributed by atoms with Gasteiger partial charge in [0.05, 0.1) is 5.92 Å². The summed E-state index contributed by atoms with van der Waals surface area (Å²) < 4.78 is 0. The smallest absolute Gasteiger partial charge is 0.308 e. The summed E-state index contributed by atoms with van der Waals surface area (Å²) in [6.45, 7) is 0.618. The number of carbonyl (C=O) groups is 3. The summed E-state index contributed by atoms with van der Waals surface area (Å²) in [6.07, 6.45) is 1.33. The van der Waals surface area contributed by atoms with Gasteiger partial charge in [0.25, 0.3) is 0 Å². The van der Waals surface area contributed by atoms with Crippen LogP contribution in [0.5, 0.6) is 0 Å². The minimum absolute atomic E-state index is 0.0523. The largest absolute Gasteiger partial charge is 0.481 e. The number of aliphatic carboxylic acids is 1. The van der Waals surface area contributed by atoms with Gasteiger partial charge in [0.2, 0.25) is 11.8 Å². The van der Waals surface area contributed by atoms with E-state index in [4.69, 9.17) is 0 Å². The molecule has 2 aliphatic rings. The molecule has 29 heavy (non-hydrogen) atoms. The van der Waals surface area contributed by atoms with E-state index in [2.05, 4.69) is 5.32 Å². The SMILES string of the molecule is O=C1Nc2ccccc2CC1CCC(=O)N1C[C@H](c2ccccc2)[C@H](C(=O)O)C1. The van der Waals surface area contributed by atoms with E-state index in [0.717, 1.165) is 16.8 Å². The van der Waals surface area contributed by atoms with Crippen molar-refractivity contribution in [3.05, 3.63) is 65.7 Å². The van der Waals surface area contributed by atoms with Gasteiger partial charge in [-0.3, -0.25) is 14.4 Å². The zero-order valence-corrected chi connectivity index (χ0v) is 16.1. The van der Waals surface area contributed by atoms with E-state index in [1.807, 2.05) is 54.6 Å². The molecule has 6 heteroatoms. The third kappa shape index (κ3) is 4.01. The van der Waals surface area contributed by atoms with Crippen molar-refractivity contribution in [3.8, 4) is 0 Å². The lowest BCUT2D eigenvalue weighted by Gasteiger charge is -2.25. The van der Waals surface area contributed by atoms with Gasteiger partial charge in [-0.2, -0.15) is 0 Å². The molecule has 2 heterocycles. The summed E-state index contributed by atoms with van der Waals surface area (Å²) in [4.78, 5) is 38.5. The number of benzene rings is 2. The zero-order valence-electron chi connectivity index (χ0n) is 16.1. The molecule has 0 bridgehead atoms. The van der Waals surface area contributed by atoms with Crippen molar-refractivity contribution in [2.24, 2.45) is 11.8 Å². The average molecular weight is 392 g/mol. The van der Waals surface area contributed by atoms with Crippen molar-refractivity contribution in [1.29, 1.82) is 0 Å². The second-order valence-corrected chi connectivity index (χ2v) is 7.85. The summed E-state index contributed by atoms with van der Waals surface area (Å²) in [5.41, 5.74) is 2.87. The van der Waals surface area contributed by atoms with Crippen molar-refractivity contribution in [2.45, 2.75) is 25.2 Å². The summed E-state index contributed by atoms with van der Waals surface area (Å²) in [5, 5.41) is 12.5. The molecule has 0 aliphatic carbocycles. The first-order valence-corrected chi connectivity index (χ1v) is 9.97. The Morgan fingerprint density at radius 1 is 1.03 bits per heavy atom. The number of nitrogens with one attached hydrogen (secondary N) is 1. The van der Waals surface area contributed by atoms with Gasteiger partial charge >= 0.3 is 5.97 Å². The minimum atomic E-state index is -0.877. The summed E-state index contributed by atoms with van der Waals surface area (Å²) in [5.74, 6) is -2.06. The number of fused-ring (bicyclic) bond motifs is 1. The number of hydrogen-bond donors (Lipinski definition) is 2. The van der Waals surface area contributed by atoms with Crippen LogP contribution in [0.4, 0.5) is 5.69 Å². The van der Waals surface area contributed by atoms with Crippen molar-refractivity contribution < 1.29 is 19.5 Å². The number of carboxylic acid groups (broad SMARTS) is 1. The molecule has 2 aliphatic heterocycles. The Kier molecular flexibility index (Phi) is 5.34. The van der Waals surface area contributed by atoms with Gasteiger partial charge in [-0.15, -0.1) is 0 Å². The summed E-state index contributed by atoms with van der Waals surface area (Å²) in [6, 6.07) is 17.2. The van der Waals surface area contributed by atoms with Crippen LogP contribution in [0.3, 0.4) is 0 Å². The molecular formula is C23H24N2O4. The van der Waals surface area contributed by atoms with Gasteiger partial charge < -0.3 is 15.3 Å². The van der Waals surface area contributed by atoms with Crippen LogP contribution in [0.25, 0.3) is 0 Å². The van der Waals surface area contributed by atoms with Crippen LogP contribution in [0.2, 0.25) is 0 Å². The van der Waals surface area contributed by atoms with Crippen molar-refractivity contribution in [2.75, 3.05) is 18.4 Å². The van der Waals surface area contributed by atoms with E-state index >= 15 is 0 Å². The quantitative estimate of drug-likeness (QED) is 0.819. The Morgan fingerprint density at radius 2 is 1.76 bits per heavy atom. The number of amides is 2. The van der Waals surface area contributed by atoms with E-state index in [1.54, 1.807) is 4.90 Å². The standard InChI is InChI=1S/C23H24N2O4/c26-21(11-10-17-12-16-8-4-5-9-20(16)24-22(17)27)25-13-18(19(14-25)23(28)29)15-6-2-1-3-7-15/h1-9,17-19H,10-14H2,(H,24,27)(H,28,29)/t17?,18-,19-/m1/s1. The molecule has 3 atom stereocenters. The van der Waals surface area contributed by atoms with E-state index in [1.165, 1.54) is 0 Å². The first-order chi connectivity index (χ1) is 14.0. The molecule has 0 aromatic heterocycles. The molecule has 0 radical (unpaired) electrons. The maximum Gasteiger partial charge on any atom is 0.308 e. The van der Waals surface area contributed by atoms with Crippen LogP contribution in [0, 0.1) is 11.8 Å². The Labute approximate surface area is 169 Å². The van der Waals surface area contributed by atoms with Gasteiger partial charge in [-0.05, 0) is 30.0 Å². The fraction of sp³-hybridized carbons (Fsp3) is 0.348. The molecule has 2 aromatic rings. The molecule has 2 aromatic carbocycles. The molecule has 150 valence electrons. The zero-order chi connectivity index (χ0) is 20.4. The maximum atomic E-state index is 12.8. The molecule has 0 saturated carbocycles. The molecule has 0 spiro atoms. The fourth-order valence-corrected chi connectivity index (χ4v) is 4.40. The maximum absolute atomic E-state index is 12.8. The van der Waals surface area contributed by atoms with Crippen LogP contribution < -0.4 is 5.32 Å². The van der Waals surface area contributed by atoms with Gasteiger partial charge in [-0.1, -0.05) is 48.5 Å². The van der Waals surface area contributed by atoms with Crippen LogP contribution >= 0.6 is 0 Å². The highest BCUT2D eigenvalue weighted by Gasteiger charge is 2.40. The van der Waals surface area contributed by atoms with Crippen LogP contribution in [0.1, 0.15) is 29.9 Å². The third-order valence-electron chi connectivity index (χ3n) is 6.04. The predicted molar refractivity (Wildman–Crippen MR) is 108 cm³/mol. The second kappa shape index (κ2) is 8.07. The van der Waals surface area contributed by atoms with Gasteiger partial charge in [0.1, 0.15) is 0 Å². The number of nitrogens with zero attached hydrogens (tertiary/aromatic N) is 1. The van der Waals surface area contributed by atoms with E-state index < -0.39 is 11.9 Å². The highest BCUT2D eigenvalue weighted by atomic mass is 16.4. The third-order valence-corrected chi connectivity index (χ3v) is 6.04. The van der Waals surface area contributed by atoms with Crippen LogP contribution in [-0.4, -0.2) is 40.9 Å². The number of hydrogen-bond acceptors (Lipinski definition) is 3. The van der Waals surface area contributed by atoms with E-state index in [0.29, 0.717) is 19.4 Å². The molecule has 1 unspecified atom stereocenters.